The molecule has 3 nitrogen and oxygen atoms in total. The van der Waals surface area contributed by atoms with Gasteiger partial charge in [0.25, 0.3) is 0 Å². The van der Waals surface area contributed by atoms with Crippen molar-refractivity contribution in [3.05, 3.63) is 47.3 Å². The van der Waals surface area contributed by atoms with Crippen LogP contribution in [0.15, 0.2) is 40.4 Å². The summed E-state index contributed by atoms with van der Waals surface area (Å²) in [6.45, 7) is 5.68. The van der Waals surface area contributed by atoms with Gasteiger partial charge < -0.3 is 5.11 Å². The molecule has 0 spiro atoms. The Hall–Kier alpha value is -1.39. The van der Waals surface area contributed by atoms with Crippen molar-refractivity contribution in [3.8, 4) is 0 Å². The van der Waals surface area contributed by atoms with Crippen LogP contribution in [0.4, 0.5) is 0 Å². The number of hydrogen-bond donors (Lipinski definition) is 1. The number of benzene rings is 1. The maximum absolute atomic E-state index is 9.74. The molecule has 0 saturated heterocycles. The Labute approximate surface area is 111 Å². The third-order valence-corrected chi connectivity index (χ3v) is 3.49. The Kier molecular flexibility index (Phi) is 3.99. The molecule has 2 aromatic rings. The van der Waals surface area contributed by atoms with E-state index in [1.54, 1.807) is 6.92 Å². The predicted molar refractivity (Wildman–Crippen MR) is 72.7 cm³/mol. The highest BCUT2D eigenvalue weighted by Gasteiger charge is 2.10. The fourth-order valence-electron chi connectivity index (χ4n) is 1.76. The van der Waals surface area contributed by atoms with Crippen molar-refractivity contribution in [2.24, 2.45) is 0 Å². The molecule has 1 heterocycles. The molecule has 1 aromatic carbocycles. The lowest BCUT2D eigenvalue weighted by Gasteiger charge is -2.10. The highest BCUT2D eigenvalue weighted by molar-refractivity contribution is 7.99. The van der Waals surface area contributed by atoms with Crippen LogP contribution in [-0.2, 0) is 0 Å². The van der Waals surface area contributed by atoms with Crippen LogP contribution in [-0.4, -0.2) is 15.1 Å². The van der Waals surface area contributed by atoms with Gasteiger partial charge in [0, 0.05) is 16.3 Å². The summed E-state index contributed by atoms with van der Waals surface area (Å²) in [5.41, 5.74) is 2.82. The maximum atomic E-state index is 9.74. The number of rotatable bonds is 3. The predicted octanol–water partition coefficient (Wildman–Crippen LogP) is 3.30. The fourth-order valence-corrected chi connectivity index (χ4v) is 2.84. The standard InChI is InChI=1S/C14H16N2OS/c1-9-8-10(2)16-14(15-9)18-13-7-5-4-6-12(13)11(3)17/h4-8,11,17H,1-3H3/t11-/m1/s1. The van der Waals surface area contributed by atoms with E-state index in [4.69, 9.17) is 0 Å². The first-order valence-corrected chi connectivity index (χ1v) is 6.65. The molecule has 0 bridgehead atoms. The van der Waals surface area contributed by atoms with Gasteiger partial charge in [0.2, 0.25) is 0 Å². The number of aryl methyl sites for hydroxylation is 2. The Morgan fingerprint density at radius 3 is 2.33 bits per heavy atom. The van der Waals surface area contributed by atoms with Crippen LogP contribution in [0.5, 0.6) is 0 Å². The van der Waals surface area contributed by atoms with Gasteiger partial charge in [-0.1, -0.05) is 18.2 Å². The van der Waals surface area contributed by atoms with Crippen molar-refractivity contribution in [3.63, 3.8) is 0 Å². The van der Waals surface area contributed by atoms with Crippen molar-refractivity contribution >= 4 is 11.8 Å². The number of aliphatic hydroxyl groups excluding tert-OH is 1. The highest BCUT2D eigenvalue weighted by atomic mass is 32.2. The molecule has 1 aromatic heterocycles. The lowest BCUT2D eigenvalue weighted by Crippen LogP contribution is -1.96. The second kappa shape index (κ2) is 5.50. The number of aromatic nitrogens is 2. The molecule has 0 fully saturated rings. The van der Waals surface area contributed by atoms with Gasteiger partial charge >= 0.3 is 0 Å². The fraction of sp³-hybridized carbons (Fsp3) is 0.286. The zero-order valence-corrected chi connectivity index (χ0v) is 11.5. The van der Waals surface area contributed by atoms with Crippen molar-refractivity contribution < 1.29 is 5.11 Å². The third-order valence-electron chi connectivity index (χ3n) is 2.53. The van der Waals surface area contributed by atoms with Crippen LogP contribution in [0, 0.1) is 13.8 Å². The maximum Gasteiger partial charge on any atom is 0.192 e. The Morgan fingerprint density at radius 2 is 1.72 bits per heavy atom. The van der Waals surface area contributed by atoms with E-state index in [9.17, 15) is 5.11 Å². The van der Waals surface area contributed by atoms with Crippen LogP contribution in [0.1, 0.15) is 30.0 Å². The van der Waals surface area contributed by atoms with E-state index < -0.39 is 6.10 Å². The van der Waals surface area contributed by atoms with E-state index in [0.29, 0.717) is 0 Å². The topological polar surface area (TPSA) is 46.0 Å². The molecule has 18 heavy (non-hydrogen) atoms. The van der Waals surface area contributed by atoms with Crippen LogP contribution in [0.2, 0.25) is 0 Å². The van der Waals surface area contributed by atoms with E-state index in [1.807, 2.05) is 44.2 Å². The minimum atomic E-state index is -0.486. The summed E-state index contributed by atoms with van der Waals surface area (Å²) >= 11 is 1.49. The van der Waals surface area contributed by atoms with Crippen LogP contribution >= 0.6 is 11.8 Å². The minimum Gasteiger partial charge on any atom is -0.389 e. The van der Waals surface area contributed by atoms with Gasteiger partial charge in [0.05, 0.1) is 6.10 Å². The van der Waals surface area contributed by atoms with Crippen LogP contribution < -0.4 is 0 Å². The molecule has 94 valence electrons. The Balaban J connectivity index is 2.34. The van der Waals surface area contributed by atoms with Crippen LogP contribution in [0.25, 0.3) is 0 Å². The summed E-state index contributed by atoms with van der Waals surface area (Å²) in [6, 6.07) is 9.74. The summed E-state index contributed by atoms with van der Waals surface area (Å²) in [6.07, 6.45) is -0.486. The molecule has 0 radical (unpaired) electrons. The molecule has 0 aliphatic carbocycles. The van der Waals surface area contributed by atoms with Gasteiger partial charge in [0.1, 0.15) is 0 Å². The molecular formula is C14H16N2OS. The summed E-state index contributed by atoms with van der Waals surface area (Å²) in [7, 11) is 0. The molecule has 0 aliphatic heterocycles. The molecule has 1 atom stereocenters. The monoisotopic (exact) mass is 260 g/mol. The SMILES string of the molecule is Cc1cc(C)nc(Sc2ccccc2[C@@H](C)O)n1. The van der Waals surface area contributed by atoms with Crippen molar-refractivity contribution in [1.82, 2.24) is 9.97 Å². The average Bonchev–Trinajstić information content (AvgIpc) is 2.27. The summed E-state index contributed by atoms with van der Waals surface area (Å²) < 4.78 is 0. The third kappa shape index (κ3) is 3.09. The number of aliphatic hydroxyl groups is 1. The summed E-state index contributed by atoms with van der Waals surface area (Å²) in [5, 5.41) is 10.5. The molecule has 2 rings (SSSR count). The molecule has 0 aliphatic rings. The second-order valence-corrected chi connectivity index (χ2v) is 5.26. The van der Waals surface area contributed by atoms with E-state index in [-0.39, 0.29) is 0 Å². The van der Waals surface area contributed by atoms with Gasteiger partial charge in [-0.25, -0.2) is 9.97 Å². The van der Waals surface area contributed by atoms with Crippen molar-refractivity contribution in [2.45, 2.75) is 36.9 Å². The molecule has 4 heteroatoms. The van der Waals surface area contributed by atoms with Crippen LogP contribution in [0.3, 0.4) is 0 Å². The van der Waals surface area contributed by atoms with Gasteiger partial charge in [-0.3, -0.25) is 0 Å². The first-order chi connectivity index (χ1) is 8.56. The van der Waals surface area contributed by atoms with E-state index in [0.717, 1.165) is 27.0 Å². The quantitative estimate of drug-likeness (QED) is 0.860. The van der Waals surface area contributed by atoms with E-state index in [1.165, 1.54) is 11.8 Å². The second-order valence-electron chi connectivity index (χ2n) is 4.25. The zero-order valence-electron chi connectivity index (χ0n) is 10.7. The molecular weight excluding hydrogens is 244 g/mol. The molecule has 0 unspecified atom stereocenters. The average molecular weight is 260 g/mol. The molecule has 0 saturated carbocycles. The number of hydrogen-bond acceptors (Lipinski definition) is 4. The zero-order chi connectivity index (χ0) is 13.1. The van der Waals surface area contributed by atoms with Gasteiger partial charge in [-0.15, -0.1) is 0 Å². The first kappa shape index (κ1) is 13.1. The largest absolute Gasteiger partial charge is 0.389 e. The molecule has 1 N–H and O–H groups in total. The first-order valence-electron chi connectivity index (χ1n) is 5.83. The smallest absolute Gasteiger partial charge is 0.192 e. The van der Waals surface area contributed by atoms with Crippen molar-refractivity contribution in [1.29, 1.82) is 0 Å². The lowest BCUT2D eigenvalue weighted by molar-refractivity contribution is 0.196. The van der Waals surface area contributed by atoms with Gasteiger partial charge in [0.15, 0.2) is 5.16 Å². The normalized spacial score (nSPS) is 12.4. The lowest BCUT2D eigenvalue weighted by atomic mass is 10.1. The molecule has 0 amide bonds. The highest BCUT2D eigenvalue weighted by Crippen LogP contribution is 2.31. The number of nitrogens with zero attached hydrogens (tertiary/aromatic N) is 2. The van der Waals surface area contributed by atoms with E-state index >= 15 is 0 Å². The van der Waals surface area contributed by atoms with Gasteiger partial charge in [-0.05, 0) is 50.2 Å². The van der Waals surface area contributed by atoms with Gasteiger partial charge in [-0.2, -0.15) is 0 Å². The summed E-state index contributed by atoms with van der Waals surface area (Å²) in [4.78, 5) is 9.80. The van der Waals surface area contributed by atoms with Crippen molar-refractivity contribution in [2.75, 3.05) is 0 Å². The summed E-state index contributed by atoms with van der Waals surface area (Å²) in [5.74, 6) is 0. The Morgan fingerprint density at radius 1 is 1.11 bits per heavy atom. The minimum absolute atomic E-state index is 0.486. The van der Waals surface area contributed by atoms with E-state index in [2.05, 4.69) is 9.97 Å². The Bertz CT molecular complexity index is 535.